The van der Waals surface area contributed by atoms with Crippen LogP contribution in [0.2, 0.25) is 0 Å². The first kappa shape index (κ1) is 32.0. The van der Waals surface area contributed by atoms with Crippen molar-refractivity contribution in [1.29, 1.82) is 0 Å². The fourth-order valence-corrected chi connectivity index (χ4v) is 6.34. The van der Waals surface area contributed by atoms with E-state index in [0.717, 1.165) is 36.3 Å². The molecule has 0 aliphatic carbocycles. The molecule has 0 N–H and O–H groups in total. The van der Waals surface area contributed by atoms with E-state index < -0.39 is 93.0 Å². The third kappa shape index (κ3) is 7.03. The maximum Gasteiger partial charge on any atom is 0.420 e. The first-order valence-electron chi connectivity index (χ1n) is 12.7. The van der Waals surface area contributed by atoms with Crippen LogP contribution >= 0.6 is 0 Å². The lowest BCUT2D eigenvalue weighted by Crippen LogP contribution is -2.32. The molecule has 0 spiro atoms. The molecule has 0 bridgehead atoms. The molecule has 15 heteroatoms. The molecule has 2 aromatic carbocycles. The minimum atomic E-state index is -5.12. The lowest BCUT2D eigenvalue weighted by Gasteiger charge is -2.29. The molecule has 43 heavy (non-hydrogen) atoms. The van der Waals surface area contributed by atoms with E-state index in [-0.39, 0.29) is 16.9 Å². The number of carbonyl (C=O) groups excluding carboxylic acids is 1. The second-order valence-electron chi connectivity index (χ2n) is 9.96. The van der Waals surface area contributed by atoms with Gasteiger partial charge in [-0.2, -0.15) is 13.2 Å². The summed E-state index contributed by atoms with van der Waals surface area (Å²) in [6.45, 7) is -0.717. The highest BCUT2D eigenvalue weighted by Crippen LogP contribution is 2.47. The number of rotatable bonds is 8. The molecule has 0 radical (unpaired) electrons. The maximum atomic E-state index is 15.7. The summed E-state index contributed by atoms with van der Waals surface area (Å²) in [5.41, 5.74) is -5.06. The van der Waals surface area contributed by atoms with Gasteiger partial charge in [-0.05, 0) is 49.7 Å². The molecule has 4 rings (SSSR count). The van der Waals surface area contributed by atoms with Crippen LogP contribution in [0.15, 0.2) is 59.6 Å². The van der Waals surface area contributed by atoms with Crippen molar-refractivity contribution in [3.8, 4) is 5.75 Å². The number of alkyl halides is 6. The smallest absolute Gasteiger partial charge is 0.420 e. The number of halogens is 7. The number of ether oxygens (including phenoxy) is 2. The fourth-order valence-electron chi connectivity index (χ4n) is 4.64. The van der Waals surface area contributed by atoms with Gasteiger partial charge < -0.3 is 14.4 Å². The summed E-state index contributed by atoms with van der Waals surface area (Å²) in [7, 11) is -4.01. The van der Waals surface area contributed by atoms with Gasteiger partial charge in [0, 0.05) is 42.4 Å². The normalized spacial score (nSPS) is 18.5. The van der Waals surface area contributed by atoms with Gasteiger partial charge in [0.2, 0.25) is 21.3 Å². The molecule has 0 unspecified atom stereocenters. The predicted molar refractivity (Wildman–Crippen MR) is 140 cm³/mol. The molecule has 7 nitrogen and oxygen atoms in total. The standard InChI is InChI=1S/C28H25F7N2O5S/c1-27(31,32)10-9-16-14-37(19-7-5-18(29)6-8-19)21-12-20(28(33,34)35)22(13-23(21)43(39,40)25(16)30)42-15-17-4-3-11-36-24(17)26(38)41-2/h3-8,11-13,16,25H,9-10,14-15H2,1-2H3/t16-,25+/m0/s1. The number of aromatic nitrogens is 1. The molecule has 0 saturated heterocycles. The van der Waals surface area contributed by atoms with Crippen molar-refractivity contribution in [3.63, 3.8) is 0 Å². The van der Waals surface area contributed by atoms with Gasteiger partial charge in [-0.25, -0.2) is 35.8 Å². The van der Waals surface area contributed by atoms with Gasteiger partial charge >= 0.3 is 12.1 Å². The number of carbonyl (C=O) groups is 1. The molecule has 3 aromatic rings. The molecule has 1 aromatic heterocycles. The molecule has 232 valence electrons. The highest BCUT2D eigenvalue weighted by molar-refractivity contribution is 7.92. The van der Waals surface area contributed by atoms with Gasteiger partial charge in [-0.15, -0.1) is 0 Å². The average Bonchev–Trinajstić information content (AvgIpc) is 3.02. The Kier molecular flexibility index (Phi) is 8.95. The van der Waals surface area contributed by atoms with E-state index in [1.54, 1.807) is 0 Å². The number of pyridine rings is 1. The van der Waals surface area contributed by atoms with E-state index in [9.17, 15) is 39.6 Å². The van der Waals surface area contributed by atoms with Crippen LogP contribution in [-0.4, -0.2) is 44.5 Å². The number of methoxy groups -OCH3 is 1. The topological polar surface area (TPSA) is 85.8 Å². The number of hydrogen-bond acceptors (Lipinski definition) is 7. The number of fused-ring (bicyclic) bond motifs is 1. The molecular weight excluding hydrogens is 609 g/mol. The van der Waals surface area contributed by atoms with E-state index in [1.165, 1.54) is 18.3 Å². The Bertz CT molecular complexity index is 1590. The molecule has 0 saturated carbocycles. The van der Waals surface area contributed by atoms with Crippen molar-refractivity contribution >= 4 is 27.2 Å². The Balaban J connectivity index is 1.88. The zero-order chi connectivity index (χ0) is 31.7. The first-order chi connectivity index (χ1) is 20.0. The number of hydrogen-bond donors (Lipinski definition) is 0. The van der Waals surface area contributed by atoms with E-state index >= 15 is 4.39 Å². The van der Waals surface area contributed by atoms with Gasteiger partial charge in [0.25, 0.3) is 0 Å². The van der Waals surface area contributed by atoms with Gasteiger partial charge in [-0.3, -0.25) is 0 Å². The summed E-state index contributed by atoms with van der Waals surface area (Å²) in [4.78, 5) is 16.0. The lowest BCUT2D eigenvalue weighted by atomic mass is 10.00. The Hall–Kier alpha value is -3.88. The largest absolute Gasteiger partial charge is 0.488 e. The monoisotopic (exact) mass is 634 g/mol. The van der Waals surface area contributed by atoms with E-state index in [2.05, 4.69) is 9.72 Å². The van der Waals surface area contributed by atoms with Crippen molar-refractivity contribution < 1.29 is 53.4 Å². The molecule has 0 amide bonds. The summed E-state index contributed by atoms with van der Waals surface area (Å²) >= 11 is 0. The summed E-state index contributed by atoms with van der Waals surface area (Å²) in [5.74, 6) is -7.48. The van der Waals surface area contributed by atoms with Crippen molar-refractivity contribution in [1.82, 2.24) is 4.98 Å². The van der Waals surface area contributed by atoms with Crippen LogP contribution in [0, 0.1) is 11.7 Å². The predicted octanol–water partition coefficient (Wildman–Crippen LogP) is 6.88. The van der Waals surface area contributed by atoms with Crippen molar-refractivity contribution in [2.24, 2.45) is 5.92 Å². The zero-order valence-corrected chi connectivity index (χ0v) is 23.5. The van der Waals surface area contributed by atoms with Gasteiger partial charge in [0.15, 0.2) is 5.69 Å². The van der Waals surface area contributed by atoms with Crippen LogP contribution in [0.4, 0.5) is 42.1 Å². The van der Waals surface area contributed by atoms with Crippen molar-refractivity contribution in [3.05, 3.63) is 77.4 Å². The summed E-state index contributed by atoms with van der Waals surface area (Å²) < 4.78 is 137. The number of sulfone groups is 1. The SMILES string of the molecule is COC(=O)c1ncccc1COc1cc2c(cc1C(F)(F)F)N(c1ccc(F)cc1)C[C@H](CCC(C)(F)F)[C@H](F)S2(=O)=O. The summed E-state index contributed by atoms with van der Waals surface area (Å²) in [5, 5.41) is 0. The lowest BCUT2D eigenvalue weighted by molar-refractivity contribution is -0.139. The second-order valence-corrected chi connectivity index (χ2v) is 11.9. The van der Waals surface area contributed by atoms with E-state index in [4.69, 9.17) is 4.74 Å². The molecular formula is C28H25F7N2O5S. The van der Waals surface area contributed by atoms with Crippen LogP contribution < -0.4 is 9.64 Å². The van der Waals surface area contributed by atoms with Crippen molar-refractivity contribution in [2.75, 3.05) is 18.6 Å². The third-order valence-corrected chi connectivity index (χ3v) is 8.71. The summed E-state index contributed by atoms with van der Waals surface area (Å²) in [6.07, 6.45) is -5.39. The quantitative estimate of drug-likeness (QED) is 0.197. The number of anilines is 2. The number of esters is 1. The Labute approximate surface area is 242 Å². The molecule has 2 heterocycles. The van der Waals surface area contributed by atoms with E-state index in [0.29, 0.717) is 19.1 Å². The van der Waals surface area contributed by atoms with Crippen molar-refractivity contribution in [2.45, 2.75) is 48.9 Å². The van der Waals surface area contributed by atoms with Crippen LogP contribution in [0.5, 0.6) is 5.75 Å². The molecule has 1 aliphatic rings. The Morgan fingerprint density at radius 2 is 1.77 bits per heavy atom. The highest BCUT2D eigenvalue weighted by atomic mass is 32.2. The second kappa shape index (κ2) is 12.0. The van der Waals surface area contributed by atoms with Crippen LogP contribution in [0.25, 0.3) is 0 Å². The van der Waals surface area contributed by atoms with Crippen LogP contribution in [-0.2, 0) is 27.4 Å². The Morgan fingerprint density at radius 1 is 1.09 bits per heavy atom. The van der Waals surface area contributed by atoms with Gasteiger partial charge in [0.05, 0.1) is 23.3 Å². The maximum absolute atomic E-state index is 15.7. The first-order valence-corrected chi connectivity index (χ1v) is 14.3. The summed E-state index contributed by atoms with van der Waals surface area (Å²) in [6, 6.07) is 7.90. The highest BCUT2D eigenvalue weighted by Gasteiger charge is 2.45. The fraction of sp³-hybridized carbons (Fsp3) is 0.357. The van der Waals surface area contributed by atoms with E-state index in [1.807, 2.05) is 0 Å². The van der Waals surface area contributed by atoms with Gasteiger partial charge in [-0.1, -0.05) is 6.07 Å². The Morgan fingerprint density at radius 3 is 2.37 bits per heavy atom. The van der Waals surface area contributed by atoms with Crippen LogP contribution in [0.3, 0.4) is 0 Å². The molecule has 0 fully saturated rings. The molecule has 2 atom stereocenters. The minimum Gasteiger partial charge on any atom is -0.488 e. The minimum absolute atomic E-state index is 0.0000753. The number of benzene rings is 2. The molecule has 1 aliphatic heterocycles. The number of nitrogens with zero attached hydrogens (tertiary/aromatic N) is 2. The average molecular weight is 635 g/mol. The zero-order valence-electron chi connectivity index (χ0n) is 22.7. The van der Waals surface area contributed by atoms with Crippen LogP contribution in [0.1, 0.15) is 41.4 Å². The third-order valence-electron chi connectivity index (χ3n) is 6.79. The van der Waals surface area contributed by atoms with Gasteiger partial charge in [0.1, 0.15) is 18.2 Å².